The SMILES string of the molecule is Brc1cnc(-c2nc(N3CC4CC4C3)n[nH]2)nc1. The molecule has 0 radical (unpaired) electrons. The van der Waals surface area contributed by atoms with Crippen molar-refractivity contribution in [1.29, 1.82) is 0 Å². The Morgan fingerprint density at radius 3 is 2.67 bits per heavy atom. The zero-order chi connectivity index (χ0) is 12.1. The summed E-state index contributed by atoms with van der Waals surface area (Å²) < 4.78 is 0.852. The van der Waals surface area contributed by atoms with Crippen LogP contribution in [0, 0.1) is 11.8 Å². The van der Waals surface area contributed by atoms with Gasteiger partial charge in [0.1, 0.15) is 0 Å². The number of hydrogen-bond acceptors (Lipinski definition) is 5. The van der Waals surface area contributed by atoms with Crippen LogP contribution in [0.2, 0.25) is 0 Å². The first-order valence-corrected chi connectivity index (χ1v) is 6.74. The van der Waals surface area contributed by atoms with E-state index in [0.717, 1.165) is 35.3 Å². The van der Waals surface area contributed by atoms with Gasteiger partial charge in [-0.3, -0.25) is 5.10 Å². The monoisotopic (exact) mass is 306 g/mol. The van der Waals surface area contributed by atoms with E-state index in [1.807, 2.05) is 0 Å². The molecule has 2 unspecified atom stereocenters. The lowest BCUT2D eigenvalue weighted by molar-refractivity contribution is 0.790. The summed E-state index contributed by atoms with van der Waals surface area (Å²) in [5.74, 6) is 3.70. The van der Waals surface area contributed by atoms with Gasteiger partial charge >= 0.3 is 0 Å². The number of H-pyrrole nitrogens is 1. The van der Waals surface area contributed by atoms with E-state index in [1.54, 1.807) is 12.4 Å². The highest BCUT2D eigenvalue weighted by molar-refractivity contribution is 9.10. The molecule has 0 spiro atoms. The molecule has 0 bridgehead atoms. The molecule has 3 heterocycles. The van der Waals surface area contributed by atoms with E-state index in [0.29, 0.717) is 11.6 Å². The van der Waals surface area contributed by atoms with Gasteiger partial charge in [-0.2, -0.15) is 4.98 Å². The number of piperidine rings is 1. The quantitative estimate of drug-likeness (QED) is 0.910. The molecule has 2 aromatic rings. The molecule has 1 saturated carbocycles. The summed E-state index contributed by atoms with van der Waals surface area (Å²) in [7, 11) is 0. The highest BCUT2D eigenvalue weighted by atomic mass is 79.9. The molecule has 2 atom stereocenters. The molecular weight excluding hydrogens is 296 g/mol. The molecule has 1 saturated heterocycles. The van der Waals surface area contributed by atoms with Crippen LogP contribution in [0.4, 0.5) is 5.95 Å². The number of anilines is 1. The number of hydrogen-bond donors (Lipinski definition) is 1. The molecule has 6 nitrogen and oxygen atoms in total. The van der Waals surface area contributed by atoms with E-state index in [1.165, 1.54) is 6.42 Å². The molecule has 4 rings (SSSR count). The van der Waals surface area contributed by atoms with E-state index in [2.05, 4.69) is 46.0 Å². The highest BCUT2D eigenvalue weighted by Crippen LogP contribution is 2.45. The summed E-state index contributed by atoms with van der Waals surface area (Å²) in [6.07, 6.45) is 4.79. The lowest BCUT2D eigenvalue weighted by Gasteiger charge is -2.14. The summed E-state index contributed by atoms with van der Waals surface area (Å²) in [4.78, 5) is 15.1. The third kappa shape index (κ3) is 1.69. The Hall–Kier alpha value is -1.50. The van der Waals surface area contributed by atoms with E-state index in [9.17, 15) is 0 Å². The van der Waals surface area contributed by atoms with Crippen LogP contribution in [0.3, 0.4) is 0 Å². The molecule has 1 aliphatic carbocycles. The molecular formula is C11H11BrN6. The number of nitrogens with one attached hydrogen (secondary N) is 1. The molecule has 1 aliphatic heterocycles. The number of rotatable bonds is 2. The van der Waals surface area contributed by atoms with Crippen LogP contribution in [0.5, 0.6) is 0 Å². The van der Waals surface area contributed by atoms with E-state index in [4.69, 9.17) is 0 Å². The Labute approximate surface area is 112 Å². The third-order valence-electron chi connectivity index (χ3n) is 3.57. The molecule has 92 valence electrons. The fraction of sp³-hybridized carbons (Fsp3) is 0.455. The number of aromatic amines is 1. The van der Waals surface area contributed by atoms with Crippen molar-refractivity contribution in [3.8, 4) is 11.6 Å². The van der Waals surface area contributed by atoms with Gasteiger partial charge in [0, 0.05) is 25.5 Å². The smallest absolute Gasteiger partial charge is 0.245 e. The first kappa shape index (κ1) is 10.4. The second-order valence-corrected chi connectivity index (χ2v) is 5.79. The first-order valence-electron chi connectivity index (χ1n) is 5.95. The molecule has 2 fully saturated rings. The van der Waals surface area contributed by atoms with Crippen molar-refractivity contribution in [2.75, 3.05) is 18.0 Å². The zero-order valence-corrected chi connectivity index (χ0v) is 11.1. The van der Waals surface area contributed by atoms with Gasteiger partial charge in [-0.05, 0) is 34.2 Å². The minimum atomic E-state index is 0.571. The highest BCUT2D eigenvalue weighted by Gasteiger charge is 2.46. The third-order valence-corrected chi connectivity index (χ3v) is 3.98. The van der Waals surface area contributed by atoms with Crippen LogP contribution in [0.25, 0.3) is 11.6 Å². The molecule has 0 aromatic carbocycles. The largest absolute Gasteiger partial charge is 0.339 e. The zero-order valence-electron chi connectivity index (χ0n) is 9.54. The van der Waals surface area contributed by atoms with Gasteiger partial charge in [0.25, 0.3) is 0 Å². The second-order valence-electron chi connectivity index (χ2n) is 4.87. The normalized spacial score (nSPS) is 25.3. The first-order chi connectivity index (χ1) is 8.79. The average Bonchev–Trinajstić information content (AvgIpc) is 2.83. The Kier molecular flexibility index (Phi) is 2.17. The molecule has 2 aromatic heterocycles. The molecule has 18 heavy (non-hydrogen) atoms. The predicted molar refractivity (Wildman–Crippen MR) is 68.9 cm³/mol. The van der Waals surface area contributed by atoms with Crippen molar-refractivity contribution in [2.24, 2.45) is 11.8 Å². The number of nitrogens with zero attached hydrogens (tertiary/aromatic N) is 5. The summed E-state index contributed by atoms with van der Waals surface area (Å²) >= 11 is 3.31. The minimum absolute atomic E-state index is 0.571. The van der Waals surface area contributed by atoms with Crippen molar-refractivity contribution in [3.63, 3.8) is 0 Å². The van der Waals surface area contributed by atoms with Crippen LogP contribution < -0.4 is 4.90 Å². The average molecular weight is 307 g/mol. The standard InChI is InChI=1S/C11H11BrN6/c12-8-2-13-9(14-3-8)10-15-11(17-16-10)18-4-6-1-7(6)5-18/h2-3,6-7H,1,4-5H2,(H,15,16,17). The maximum absolute atomic E-state index is 4.47. The summed E-state index contributed by atoms with van der Waals surface area (Å²) in [5, 5.41) is 7.16. The summed E-state index contributed by atoms with van der Waals surface area (Å²) in [5.41, 5.74) is 0. The lowest BCUT2D eigenvalue weighted by atomic mass is 10.4. The van der Waals surface area contributed by atoms with Crippen LogP contribution in [-0.4, -0.2) is 38.2 Å². The van der Waals surface area contributed by atoms with Crippen molar-refractivity contribution in [3.05, 3.63) is 16.9 Å². The number of halogens is 1. The van der Waals surface area contributed by atoms with Gasteiger partial charge in [0.2, 0.25) is 5.95 Å². The van der Waals surface area contributed by atoms with Gasteiger partial charge < -0.3 is 4.90 Å². The Bertz CT molecular complexity index is 569. The minimum Gasteiger partial charge on any atom is -0.339 e. The van der Waals surface area contributed by atoms with Crippen molar-refractivity contribution in [1.82, 2.24) is 25.1 Å². The summed E-state index contributed by atoms with van der Waals surface area (Å²) in [6, 6.07) is 0. The number of fused-ring (bicyclic) bond motifs is 1. The van der Waals surface area contributed by atoms with Gasteiger partial charge in [-0.1, -0.05) is 0 Å². The summed E-state index contributed by atoms with van der Waals surface area (Å²) in [6.45, 7) is 2.17. The molecule has 1 N–H and O–H groups in total. The van der Waals surface area contributed by atoms with Gasteiger partial charge in [0.05, 0.1) is 4.47 Å². The molecule has 7 heteroatoms. The van der Waals surface area contributed by atoms with Crippen LogP contribution in [0.1, 0.15) is 6.42 Å². The maximum Gasteiger partial charge on any atom is 0.245 e. The predicted octanol–water partition coefficient (Wildman–Crippen LogP) is 1.48. The van der Waals surface area contributed by atoms with Crippen LogP contribution in [0.15, 0.2) is 16.9 Å². The topological polar surface area (TPSA) is 70.6 Å². The van der Waals surface area contributed by atoms with Crippen LogP contribution in [-0.2, 0) is 0 Å². The van der Waals surface area contributed by atoms with E-state index >= 15 is 0 Å². The van der Waals surface area contributed by atoms with Gasteiger partial charge in [0.15, 0.2) is 11.6 Å². The van der Waals surface area contributed by atoms with Crippen molar-refractivity contribution >= 4 is 21.9 Å². The van der Waals surface area contributed by atoms with Crippen LogP contribution >= 0.6 is 15.9 Å². The van der Waals surface area contributed by atoms with Crippen molar-refractivity contribution < 1.29 is 0 Å². The Balaban J connectivity index is 1.59. The van der Waals surface area contributed by atoms with Gasteiger partial charge in [-0.25, -0.2) is 9.97 Å². The fourth-order valence-corrected chi connectivity index (χ4v) is 2.70. The lowest BCUT2D eigenvalue weighted by Crippen LogP contribution is -2.22. The molecule has 2 aliphatic rings. The van der Waals surface area contributed by atoms with Crippen molar-refractivity contribution in [2.45, 2.75) is 6.42 Å². The maximum atomic E-state index is 4.47. The Morgan fingerprint density at radius 2 is 1.94 bits per heavy atom. The van der Waals surface area contributed by atoms with E-state index in [-0.39, 0.29) is 0 Å². The molecule has 0 amide bonds. The fourth-order valence-electron chi connectivity index (χ4n) is 2.49. The van der Waals surface area contributed by atoms with Gasteiger partial charge in [-0.15, -0.1) is 5.10 Å². The number of aromatic nitrogens is 5. The second kappa shape index (κ2) is 3.74. The Morgan fingerprint density at radius 1 is 1.22 bits per heavy atom. The van der Waals surface area contributed by atoms with E-state index < -0.39 is 0 Å².